The molecule has 1 aromatic heterocycles. The van der Waals surface area contributed by atoms with E-state index >= 15 is 0 Å². The summed E-state index contributed by atoms with van der Waals surface area (Å²) in [4.78, 5) is 1.23. The summed E-state index contributed by atoms with van der Waals surface area (Å²) in [6.45, 7) is 2.72. The van der Waals surface area contributed by atoms with Crippen molar-refractivity contribution in [2.24, 2.45) is 5.73 Å². The van der Waals surface area contributed by atoms with Crippen LogP contribution in [0.25, 0.3) is 0 Å². The van der Waals surface area contributed by atoms with E-state index in [4.69, 9.17) is 10.5 Å². The molecular formula is C15H18BrNOS. The Morgan fingerprint density at radius 1 is 1.37 bits per heavy atom. The molecule has 1 aromatic carbocycles. The molecule has 0 amide bonds. The minimum Gasteiger partial charge on any atom is -0.487 e. The Hall–Kier alpha value is -0.840. The third-order valence-electron chi connectivity index (χ3n) is 2.97. The first-order valence-corrected chi connectivity index (χ1v) is 8.05. The highest BCUT2D eigenvalue weighted by atomic mass is 79.9. The number of hydrogen-bond acceptors (Lipinski definition) is 3. The van der Waals surface area contributed by atoms with Crippen LogP contribution in [-0.4, -0.2) is 6.04 Å². The summed E-state index contributed by atoms with van der Waals surface area (Å²) in [6, 6.07) is 10.5. The van der Waals surface area contributed by atoms with Crippen LogP contribution in [-0.2, 0) is 13.0 Å². The van der Waals surface area contributed by atoms with Crippen molar-refractivity contribution < 1.29 is 4.74 Å². The zero-order chi connectivity index (χ0) is 13.7. The lowest BCUT2D eigenvalue weighted by molar-refractivity contribution is 0.307. The minimum absolute atomic E-state index is 0.227. The Morgan fingerprint density at radius 2 is 2.21 bits per heavy atom. The fraction of sp³-hybridized carbons (Fsp3) is 0.333. The Bertz CT molecular complexity index is 513. The summed E-state index contributed by atoms with van der Waals surface area (Å²) in [7, 11) is 0. The fourth-order valence-electron chi connectivity index (χ4n) is 1.78. The van der Waals surface area contributed by atoms with E-state index in [9.17, 15) is 0 Å². The fourth-order valence-corrected chi connectivity index (χ4v) is 2.94. The summed E-state index contributed by atoms with van der Waals surface area (Å²) < 4.78 is 6.79. The minimum atomic E-state index is 0.227. The van der Waals surface area contributed by atoms with Crippen LogP contribution < -0.4 is 10.5 Å². The van der Waals surface area contributed by atoms with Crippen molar-refractivity contribution in [2.45, 2.75) is 32.4 Å². The van der Waals surface area contributed by atoms with Gasteiger partial charge in [0.25, 0.3) is 0 Å². The second-order valence-corrected chi connectivity index (χ2v) is 6.39. The lowest BCUT2D eigenvalue weighted by atomic mass is 10.0. The zero-order valence-electron chi connectivity index (χ0n) is 10.9. The highest BCUT2D eigenvalue weighted by Gasteiger charge is 2.06. The van der Waals surface area contributed by atoms with Crippen LogP contribution in [0.15, 0.2) is 40.2 Å². The molecule has 0 fully saturated rings. The Labute approximate surface area is 126 Å². The van der Waals surface area contributed by atoms with Crippen LogP contribution >= 0.6 is 27.3 Å². The van der Waals surface area contributed by atoms with Gasteiger partial charge in [-0.1, -0.05) is 19.1 Å². The number of thiophene rings is 1. The first-order chi connectivity index (χ1) is 9.19. The molecule has 0 aliphatic carbocycles. The molecular weight excluding hydrogens is 322 g/mol. The molecule has 1 atom stereocenters. The van der Waals surface area contributed by atoms with Crippen LogP contribution in [0.2, 0.25) is 0 Å². The van der Waals surface area contributed by atoms with Crippen molar-refractivity contribution in [2.75, 3.05) is 0 Å². The maximum absolute atomic E-state index is 5.97. The molecule has 1 heterocycles. The SMILES string of the molecule is CCC(N)Cc1ccc(OCc2cccs2)c(Br)c1. The van der Waals surface area contributed by atoms with E-state index in [1.807, 2.05) is 12.1 Å². The van der Waals surface area contributed by atoms with Gasteiger partial charge < -0.3 is 10.5 Å². The van der Waals surface area contributed by atoms with Gasteiger partial charge in [0.2, 0.25) is 0 Å². The van der Waals surface area contributed by atoms with Gasteiger partial charge in [-0.2, -0.15) is 0 Å². The molecule has 2 rings (SSSR count). The molecule has 1 unspecified atom stereocenters. The van der Waals surface area contributed by atoms with Gasteiger partial charge in [0.05, 0.1) is 4.47 Å². The predicted octanol–water partition coefficient (Wildman–Crippen LogP) is 4.37. The summed E-state index contributed by atoms with van der Waals surface area (Å²) in [5.41, 5.74) is 7.21. The van der Waals surface area contributed by atoms with E-state index in [0.717, 1.165) is 23.1 Å². The van der Waals surface area contributed by atoms with Gasteiger partial charge in [-0.3, -0.25) is 0 Å². The first-order valence-electron chi connectivity index (χ1n) is 6.38. The second kappa shape index (κ2) is 7.08. The number of nitrogens with two attached hydrogens (primary N) is 1. The lowest BCUT2D eigenvalue weighted by Crippen LogP contribution is -2.21. The first kappa shape index (κ1) is 14.6. The van der Waals surface area contributed by atoms with Gasteiger partial charge in [-0.05, 0) is 57.9 Å². The van der Waals surface area contributed by atoms with Crippen molar-refractivity contribution in [3.05, 3.63) is 50.6 Å². The second-order valence-electron chi connectivity index (χ2n) is 4.51. The Kier molecular flexibility index (Phi) is 5.43. The van der Waals surface area contributed by atoms with Gasteiger partial charge in [0, 0.05) is 10.9 Å². The molecule has 0 radical (unpaired) electrons. The van der Waals surface area contributed by atoms with Gasteiger partial charge in [-0.15, -0.1) is 11.3 Å². The molecule has 2 aromatic rings. The third-order valence-corrected chi connectivity index (χ3v) is 4.44. The van der Waals surface area contributed by atoms with Crippen molar-refractivity contribution >= 4 is 27.3 Å². The number of benzene rings is 1. The third kappa shape index (κ3) is 4.34. The lowest BCUT2D eigenvalue weighted by Gasteiger charge is -2.11. The van der Waals surface area contributed by atoms with Gasteiger partial charge in [0.1, 0.15) is 12.4 Å². The highest BCUT2D eigenvalue weighted by molar-refractivity contribution is 9.10. The van der Waals surface area contributed by atoms with Crippen molar-refractivity contribution in [3.8, 4) is 5.75 Å². The van der Waals surface area contributed by atoms with Crippen LogP contribution in [0.1, 0.15) is 23.8 Å². The van der Waals surface area contributed by atoms with E-state index in [-0.39, 0.29) is 6.04 Å². The van der Waals surface area contributed by atoms with E-state index in [2.05, 4.69) is 46.4 Å². The van der Waals surface area contributed by atoms with Crippen molar-refractivity contribution in [1.82, 2.24) is 0 Å². The van der Waals surface area contributed by atoms with Crippen LogP contribution in [0.5, 0.6) is 5.75 Å². The Morgan fingerprint density at radius 3 is 2.84 bits per heavy atom. The van der Waals surface area contributed by atoms with Crippen molar-refractivity contribution in [1.29, 1.82) is 0 Å². The topological polar surface area (TPSA) is 35.2 Å². The molecule has 0 bridgehead atoms. The maximum Gasteiger partial charge on any atom is 0.134 e. The average Bonchev–Trinajstić information content (AvgIpc) is 2.91. The molecule has 0 saturated heterocycles. The van der Waals surface area contributed by atoms with E-state index in [1.165, 1.54) is 10.4 Å². The summed E-state index contributed by atoms with van der Waals surface area (Å²) >= 11 is 5.27. The summed E-state index contributed by atoms with van der Waals surface area (Å²) in [5, 5.41) is 2.06. The molecule has 0 saturated carbocycles. The molecule has 0 spiro atoms. The standard InChI is InChI=1S/C15H18BrNOS/c1-2-12(17)8-11-5-6-15(14(16)9-11)18-10-13-4-3-7-19-13/h3-7,9,12H,2,8,10,17H2,1H3. The van der Waals surface area contributed by atoms with Crippen LogP contribution in [0, 0.1) is 0 Å². The molecule has 2 nitrogen and oxygen atoms in total. The number of halogens is 1. The number of ether oxygens (including phenoxy) is 1. The molecule has 0 aliphatic heterocycles. The van der Waals surface area contributed by atoms with E-state index in [0.29, 0.717) is 6.61 Å². The van der Waals surface area contributed by atoms with E-state index < -0.39 is 0 Å². The van der Waals surface area contributed by atoms with Crippen LogP contribution in [0.3, 0.4) is 0 Å². The summed E-state index contributed by atoms with van der Waals surface area (Å²) in [5.74, 6) is 0.877. The predicted molar refractivity (Wildman–Crippen MR) is 84.8 cm³/mol. The molecule has 2 N–H and O–H groups in total. The molecule has 0 aliphatic rings. The highest BCUT2D eigenvalue weighted by Crippen LogP contribution is 2.27. The smallest absolute Gasteiger partial charge is 0.134 e. The van der Waals surface area contributed by atoms with E-state index in [1.54, 1.807) is 11.3 Å². The van der Waals surface area contributed by atoms with Gasteiger partial charge >= 0.3 is 0 Å². The zero-order valence-corrected chi connectivity index (χ0v) is 13.3. The normalized spacial score (nSPS) is 12.4. The molecule has 4 heteroatoms. The number of rotatable bonds is 6. The Balaban J connectivity index is 1.98. The largest absolute Gasteiger partial charge is 0.487 e. The van der Waals surface area contributed by atoms with Crippen molar-refractivity contribution in [3.63, 3.8) is 0 Å². The van der Waals surface area contributed by atoms with Gasteiger partial charge in [0.15, 0.2) is 0 Å². The average molecular weight is 340 g/mol. The van der Waals surface area contributed by atoms with Gasteiger partial charge in [-0.25, -0.2) is 0 Å². The summed E-state index contributed by atoms with van der Waals surface area (Å²) in [6.07, 6.45) is 1.90. The quantitative estimate of drug-likeness (QED) is 0.847. The van der Waals surface area contributed by atoms with Crippen LogP contribution in [0.4, 0.5) is 0 Å². The molecule has 102 valence electrons. The maximum atomic E-state index is 5.97. The monoisotopic (exact) mass is 339 g/mol. The number of hydrogen-bond donors (Lipinski definition) is 1. The molecule has 19 heavy (non-hydrogen) atoms.